The number of hydrogen-bond acceptors (Lipinski definition) is 4. The zero-order valence-electron chi connectivity index (χ0n) is 10.1. The molecule has 90 valence electrons. The summed E-state index contributed by atoms with van der Waals surface area (Å²) >= 11 is 1.63. The Kier molecular flexibility index (Phi) is 3.89. The topological polar surface area (TPSA) is 50.9 Å². The predicted octanol–water partition coefficient (Wildman–Crippen LogP) is 2.51. The summed E-state index contributed by atoms with van der Waals surface area (Å²) in [5.74, 6) is 5.63. The molecule has 1 aromatic heterocycles. The Morgan fingerprint density at radius 3 is 2.88 bits per heavy atom. The normalized spacial score (nSPS) is 12.6. The molecule has 2 aromatic rings. The molecule has 0 aliphatic carbocycles. The van der Waals surface area contributed by atoms with Gasteiger partial charge in [-0.15, -0.1) is 11.3 Å². The molecule has 1 heterocycles. The van der Waals surface area contributed by atoms with Crippen molar-refractivity contribution in [1.82, 2.24) is 10.4 Å². The van der Waals surface area contributed by atoms with Crippen LogP contribution in [0.2, 0.25) is 0 Å². The highest BCUT2D eigenvalue weighted by molar-refractivity contribution is 7.09. The highest BCUT2D eigenvalue weighted by atomic mass is 32.1. The van der Waals surface area contributed by atoms with Gasteiger partial charge in [0.15, 0.2) is 0 Å². The Bertz CT molecular complexity index is 479. The lowest BCUT2D eigenvalue weighted by molar-refractivity contribution is 0.558. The van der Waals surface area contributed by atoms with Gasteiger partial charge in [0.25, 0.3) is 0 Å². The van der Waals surface area contributed by atoms with E-state index in [1.165, 1.54) is 21.6 Å². The summed E-state index contributed by atoms with van der Waals surface area (Å²) in [7, 11) is 0. The third kappa shape index (κ3) is 2.91. The van der Waals surface area contributed by atoms with Crippen LogP contribution < -0.4 is 11.3 Å². The molecule has 0 radical (unpaired) electrons. The minimum absolute atomic E-state index is 0.142. The minimum atomic E-state index is 0.142. The molecule has 0 spiro atoms. The van der Waals surface area contributed by atoms with Crippen LogP contribution in [0.5, 0.6) is 0 Å². The Hall–Kier alpha value is -1.23. The van der Waals surface area contributed by atoms with Gasteiger partial charge in [-0.05, 0) is 31.4 Å². The van der Waals surface area contributed by atoms with Crippen LogP contribution in [0.15, 0.2) is 29.9 Å². The van der Waals surface area contributed by atoms with Gasteiger partial charge >= 0.3 is 0 Å². The molecule has 0 saturated heterocycles. The average Bonchev–Trinajstić information content (AvgIpc) is 2.84. The number of thiazole rings is 1. The number of nitrogens with zero attached hydrogens (tertiary/aromatic N) is 1. The van der Waals surface area contributed by atoms with E-state index in [4.69, 9.17) is 5.84 Å². The first-order valence-electron chi connectivity index (χ1n) is 5.61. The molecule has 0 fully saturated rings. The van der Waals surface area contributed by atoms with Gasteiger partial charge in [-0.25, -0.2) is 0 Å². The van der Waals surface area contributed by atoms with E-state index < -0.39 is 0 Å². The quantitative estimate of drug-likeness (QED) is 0.644. The van der Waals surface area contributed by atoms with Crippen molar-refractivity contribution in [2.24, 2.45) is 5.84 Å². The second-order valence-corrected chi connectivity index (χ2v) is 5.18. The van der Waals surface area contributed by atoms with Gasteiger partial charge in [0.1, 0.15) is 0 Å². The van der Waals surface area contributed by atoms with Crippen LogP contribution in [0.3, 0.4) is 0 Å². The molecule has 4 heteroatoms. The van der Waals surface area contributed by atoms with E-state index in [0.29, 0.717) is 0 Å². The molecule has 0 aliphatic rings. The van der Waals surface area contributed by atoms with Crippen LogP contribution in [0, 0.1) is 13.8 Å². The molecule has 0 saturated carbocycles. The van der Waals surface area contributed by atoms with E-state index in [2.05, 4.69) is 42.5 Å². The number of hydrogen-bond donors (Lipinski definition) is 2. The van der Waals surface area contributed by atoms with Crippen molar-refractivity contribution in [2.75, 3.05) is 0 Å². The van der Waals surface area contributed by atoms with Crippen molar-refractivity contribution in [3.63, 3.8) is 0 Å². The lowest BCUT2D eigenvalue weighted by Gasteiger charge is -2.15. The summed E-state index contributed by atoms with van der Waals surface area (Å²) in [5.41, 5.74) is 8.63. The highest BCUT2D eigenvalue weighted by Gasteiger charge is 2.13. The van der Waals surface area contributed by atoms with Crippen LogP contribution >= 0.6 is 11.3 Å². The Morgan fingerprint density at radius 2 is 2.24 bits per heavy atom. The zero-order valence-corrected chi connectivity index (χ0v) is 10.9. The van der Waals surface area contributed by atoms with Crippen LogP contribution in [-0.2, 0) is 6.42 Å². The standard InChI is InChI=1S/C13H17N3S/c1-9-3-4-10(2)11(5-9)6-12(16-14)13-7-15-8-17-13/h3-5,7-8,12,16H,6,14H2,1-2H3. The molecule has 17 heavy (non-hydrogen) atoms. The third-order valence-electron chi connectivity index (χ3n) is 2.92. The Balaban J connectivity index is 2.21. The number of aryl methyl sites for hydroxylation is 2. The van der Waals surface area contributed by atoms with Crippen molar-refractivity contribution in [3.05, 3.63) is 51.5 Å². The fraction of sp³-hybridized carbons (Fsp3) is 0.308. The molecule has 3 nitrogen and oxygen atoms in total. The van der Waals surface area contributed by atoms with Gasteiger partial charge in [-0.3, -0.25) is 16.3 Å². The minimum Gasteiger partial charge on any atom is -0.271 e. The van der Waals surface area contributed by atoms with Crippen molar-refractivity contribution < 1.29 is 0 Å². The number of nitrogens with one attached hydrogen (secondary N) is 1. The maximum absolute atomic E-state index is 5.63. The molecule has 1 aromatic carbocycles. The molecular weight excluding hydrogens is 230 g/mol. The van der Waals surface area contributed by atoms with Gasteiger partial charge < -0.3 is 0 Å². The van der Waals surface area contributed by atoms with Gasteiger partial charge in [0, 0.05) is 11.1 Å². The monoisotopic (exact) mass is 247 g/mol. The number of rotatable bonds is 4. The van der Waals surface area contributed by atoms with Gasteiger partial charge in [0.2, 0.25) is 0 Å². The van der Waals surface area contributed by atoms with Crippen molar-refractivity contribution in [1.29, 1.82) is 0 Å². The summed E-state index contributed by atoms with van der Waals surface area (Å²) in [6, 6.07) is 6.66. The summed E-state index contributed by atoms with van der Waals surface area (Å²) in [4.78, 5) is 5.27. The Labute approximate surface area is 106 Å². The van der Waals surface area contributed by atoms with E-state index >= 15 is 0 Å². The molecule has 0 bridgehead atoms. The average molecular weight is 247 g/mol. The zero-order chi connectivity index (χ0) is 12.3. The predicted molar refractivity (Wildman–Crippen MR) is 71.8 cm³/mol. The summed E-state index contributed by atoms with van der Waals surface area (Å²) < 4.78 is 0. The first-order valence-corrected chi connectivity index (χ1v) is 6.49. The first-order chi connectivity index (χ1) is 8.20. The fourth-order valence-corrected chi connectivity index (χ4v) is 2.56. The molecule has 3 N–H and O–H groups in total. The van der Waals surface area contributed by atoms with E-state index in [0.717, 1.165) is 6.42 Å². The molecule has 1 atom stereocenters. The number of benzene rings is 1. The number of hydrazine groups is 1. The highest BCUT2D eigenvalue weighted by Crippen LogP contribution is 2.23. The van der Waals surface area contributed by atoms with Crippen LogP contribution in [0.4, 0.5) is 0 Å². The summed E-state index contributed by atoms with van der Waals surface area (Å²) in [6.45, 7) is 4.25. The van der Waals surface area contributed by atoms with Crippen molar-refractivity contribution in [3.8, 4) is 0 Å². The lowest BCUT2D eigenvalue weighted by Crippen LogP contribution is -2.29. The van der Waals surface area contributed by atoms with Gasteiger partial charge in [-0.2, -0.15) is 0 Å². The SMILES string of the molecule is Cc1ccc(C)c(CC(NN)c2cncs2)c1. The molecule has 1 unspecified atom stereocenters. The van der Waals surface area contributed by atoms with Gasteiger partial charge in [-0.1, -0.05) is 23.8 Å². The summed E-state index contributed by atoms with van der Waals surface area (Å²) in [6.07, 6.45) is 2.77. The lowest BCUT2D eigenvalue weighted by atomic mass is 9.99. The molecule has 0 aliphatic heterocycles. The second kappa shape index (κ2) is 5.40. The van der Waals surface area contributed by atoms with E-state index in [1.54, 1.807) is 11.3 Å². The van der Waals surface area contributed by atoms with Crippen LogP contribution in [-0.4, -0.2) is 4.98 Å². The molecule has 0 amide bonds. The summed E-state index contributed by atoms with van der Waals surface area (Å²) in [5, 5.41) is 0. The van der Waals surface area contributed by atoms with Crippen molar-refractivity contribution in [2.45, 2.75) is 26.3 Å². The smallest absolute Gasteiger partial charge is 0.0794 e. The maximum atomic E-state index is 5.63. The fourth-order valence-electron chi connectivity index (χ4n) is 1.88. The van der Waals surface area contributed by atoms with Crippen LogP contribution in [0.25, 0.3) is 0 Å². The third-order valence-corrected chi connectivity index (χ3v) is 3.81. The molecular formula is C13H17N3S. The Morgan fingerprint density at radius 1 is 1.41 bits per heavy atom. The number of aromatic nitrogens is 1. The maximum Gasteiger partial charge on any atom is 0.0794 e. The van der Waals surface area contributed by atoms with Crippen LogP contribution in [0.1, 0.15) is 27.6 Å². The van der Waals surface area contributed by atoms with E-state index in [-0.39, 0.29) is 6.04 Å². The number of nitrogens with two attached hydrogens (primary N) is 1. The van der Waals surface area contributed by atoms with E-state index in [1.807, 2.05) is 11.7 Å². The van der Waals surface area contributed by atoms with Crippen molar-refractivity contribution >= 4 is 11.3 Å². The van der Waals surface area contributed by atoms with E-state index in [9.17, 15) is 0 Å². The first kappa shape index (κ1) is 12.2. The molecule has 2 rings (SSSR count). The second-order valence-electron chi connectivity index (χ2n) is 4.26. The van der Waals surface area contributed by atoms with Gasteiger partial charge in [0.05, 0.1) is 11.6 Å². The largest absolute Gasteiger partial charge is 0.271 e.